The Bertz CT molecular complexity index is 96.5. The van der Waals surface area contributed by atoms with Crippen LogP contribution in [0.4, 0.5) is 0 Å². The van der Waals surface area contributed by atoms with E-state index in [0.717, 1.165) is 5.71 Å². The molecule has 0 rings (SSSR count). The number of nitrogens with zero attached hydrogens (tertiary/aromatic N) is 1. The molecule has 0 bridgehead atoms. The van der Waals surface area contributed by atoms with Crippen molar-refractivity contribution in [2.45, 2.75) is 20.8 Å². The summed E-state index contributed by atoms with van der Waals surface area (Å²) in [6.07, 6.45) is 0. The molecule has 0 aromatic rings. The van der Waals surface area contributed by atoms with Gasteiger partial charge in [-0.15, -0.1) is 0 Å². The molecule has 0 aromatic carbocycles. The highest BCUT2D eigenvalue weighted by molar-refractivity contribution is 5.83. The molecule has 0 aliphatic heterocycles. The van der Waals surface area contributed by atoms with Crippen molar-refractivity contribution in [1.82, 2.24) is 11.0 Å². The van der Waals surface area contributed by atoms with E-state index in [1.807, 2.05) is 6.92 Å². The van der Waals surface area contributed by atoms with Gasteiger partial charge in [-0.2, -0.15) is 5.10 Å². The second-order valence-electron chi connectivity index (χ2n) is 2.27. The Hall–Kier alpha value is -0.570. The fraction of sp³-hybridized carbons (Fsp3) is 0.833. The predicted molar refractivity (Wildman–Crippen MR) is 40.1 cm³/mol. The van der Waals surface area contributed by atoms with Crippen LogP contribution in [0.3, 0.4) is 0 Å². The lowest BCUT2D eigenvalue weighted by Gasteiger charge is -2.03. The first-order valence-electron chi connectivity index (χ1n) is 3.14. The molecule has 0 saturated heterocycles. The van der Waals surface area contributed by atoms with Crippen LogP contribution >= 0.6 is 0 Å². The summed E-state index contributed by atoms with van der Waals surface area (Å²) in [5.74, 6) is 0.519. The van der Waals surface area contributed by atoms with Crippen LogP contribution in [0.5, 0.6) is 0 Å². The number of hydrazone groups is 1. The molecule has 0 unspecified atom stereocenters. The average Bonchev–Trinajstić information content (AvgIpc) is 1.82. The molecule has 0 radical (unpaired) electrons. The molecule has 2 N–H and O–H groups in total. The fourth-order valence-electron chi connectivity index (χ4n) is 0.273. The van der Waals surface area contributed by atoms with Gasteiger partial charge < -0.3 is 0 Å². The van der Waals surface area contributed by atoms with Gasteiger partial charge in [-0.25, -0.2) is 11.0 Å². The molecule has 0 saturated carbocycles. The first kappa shape index (κ1) is 8.43. The molecule has 0 fully saturated rings. The zero-order valence-corrected chi connectivity index (χ0v) is 6.52. The molecule has 3 heteroatoms. The van der Waals surface area contributed by atoms with Crippen LogP contribution in [-0.4, -0.2) is 12.8 Å². The molecular weight excluding hydrogens is 114 g/mol. The summed E-state index contributed by atoms with van der Waals surface area (Å²) >= 11 is 0. The van der Waals surface area contributed by atoms with Gasteiger partial charge in [0.05, 0.1) is 0 Å². The number of rotatable bonds is 3. The van der Waals surface area contributed by atoms with Gasteiger partial charge in [0.2, 0.25) is 0 Å². The van der Waals surface area contributed by atoms with Gasteiger partial charge in [0, 0.05) is 12.8 Å². The smallest absolute Gasteiger partial charge is 0.0388 e. The third-order valence-corrected chi connectivity index (χ3v) is 1.18. The van der Waals surface area contributed by atoms with E-state index in [2.05, 4.69) is 29.9 Å². The summed E-state index contributed by atoms with van der Waals surface area (Å²) in [6.45, 7) is 6.21. The SMILES string of the molecule is CNN/N=C(\C)C(C)C. The summed E-state index contributed by atoms with van der Waals surface area (Å²) < 4.78 is 0. The number of hydrogen-bond donors (Lipinski definition) is 2. The van der Waals surface area contributed by atoms with Crippen molar-refractivity contribution < 1.29 is 0 Å². The Labute approximate surface area is 56.5 Å². The van der Waals surface area contributed by atoms with Crippen LogP contribution < -0.4 is 11.0 Å². The summed E-state index contributed by atoms with van der Waals surface area (Å²) in [7, 11) is 1.79. The van der Waals surface area contributed by atoms with Crippen molar-refractivity contribution in [3.05, 3.63) is 0 Å². The van der Waals surface area contributed by atoms with E-state index < -0.39 is 0 Å². The lowest BCUT2D eigenvalue weighted by Crippen LogP contribution is -2.23. The number of hydrazine groups is 1. The van der Waals surface area contributed by atoms with Gasteiger partial charge in [0.1, 0.15) is 0 Å². The molecule has 0 spiro atoms. The fourth-order valence-corrected chi connectivity index (χ4v) is 0.273. The Morgan fingerprint density at radius 1 is 1.44 bits per heavy atom. The maximum Gasteiger partial charge on any atom is 0.0388 e. The molecule has 0 aromatic heterocycles. The van der Waals surface area contributed by atoms with Crippen LogP contribution in [0.25, 0.3) is 0 Å². The van der Waals surface area contributed by atoms with Crippen molar-refractivity contribution in [2.75, 3.05) is 7.05 Å². The Morgan fingerprint density at radius 2 is 2.00 bits per heavy atom. The lowest BCUT2D eigenvalue weighted by molar-refractivity contribution is 0.624. The first-order valence-corrected chi connectivity index (χ1v) is 3.14. The van der Waals surface area contributed by atoms with Gasteiger partial charge >= 0.3 is 0 Å². The predicted octanol–water partition coefficient (Wildman–Crippen LogP) is 0.742. The second-order valence-corrected chi connectivity index (χ2v) is 2.27. The maximum atomic E-state index is 4.00. The first-order chi connectivity index (χ1) is 4.18. The van der Waals surface area contributed by atoms with Gasteiger partial charge in [0.25, 0.3) is 0 Å². The largest absolute Gasteiger partial charge is 0.243 e. The molecule has 0 aliphatic carbocycles. The van der Waals surface area contributed by atoms with E-state index in [-0.39, 0.29) is 0 Å². The van der Waals surface area contributed by atoms with E-state index in [0.29, 0.717) is 5.92 Å². The van der Waals surface area contributed by atoms with Gasteiger partial charge in [0.15, 0.2) is 0 Å². The lowest BCUT2D eigenvalue weighted by atomic mass is 10.1. The molecule has 9 heavy (non-hydrogen) atoms. The Balaban J connectivity index is 3.55. The summed E-state index contributed by atoms with van der Waals surface area (Å²) in [5.41, 5.74) is 6.48. The second kappa shape index (κ2) is 4.32. The maximum absolute atomic E-state index is 4.00. The topological polar surface area (TPSA) is 36.4 Å². The van der Waals surface area contributed by atoms with E-state index in [1.54, 1.807) is 7.05 Å². The van der Waals surface area contributed by atoms with E-state index >= 15 is 0 Å². The Kier molecular flexibility index (Phi) is 4.05. The molecule has 54 valence electrons. The van der Waals surface area contributed by atoms with Gasteiger partial charge in [-0.05, 0) is 12.8 Å². The summed E-state index contributed by atoms with van der Waals surface area (Å²) in [4.78, 5) is 0. The molecule has 0 aliphatic rings. The molecule has 3 nitrogen and oxygen atoms in total. The van der Waals surface area contributed by atoms with Gasteiger partial charge in [-0.1, -0.05) is 13.8 Å². The summed E-state index contributed by atoms with van der Waals surface area (Å²) in [5, 5.41) is 4.00. The van der Waals surface area contributed by atoms with E-state index in [4.69, 9.17) is 0 Å². The molecule has 0 atom stereocenters. The molecule has 0 amide bonds. The standard InChI is InChI=1S/C6H15N3/c1-5(2)6(3)8-9-7-4/h5,7,9H,1-4H3/b8-6+. The number of hydrogen-bond acceptors (Lipinski definition) is 3. The quantitative estimate of drug-likeness (QED) is 0.435. The van der Waals surface area contributed by atoms with Crippen molar-refractivity contribution in [3.8, 4) is 0 Å². The van der Waals surface area contributed by atoms with Crippen LogP contribution in [0.2, 0.25) is 0 Å². The minimum atomic E-state index is 0.519. The van der Waals surface area contributed by atoms with Crippen LogP contribution in [-0.2, 0) is 0 Å². The van der Waals surface area contributed by atoms with Gasteiger partial charge in [-0.3, -0.25) is 0 Å². The van der Waals surface area contributed by atoms with Crippen molar-refractivity contribution in [3.63, 3.8) is 0 Å². The minimum Gasteiger partial charge on any atom is -0.243 e. The van der Waals surface area contributed by atoms with Crippen LogP contribution in [0.1, 0.15) is 20.8 Å². The Morgan fingerprint density at radius 3 is 2.33 bits per heavy atom. The monoisotopic (exact) mass is 129 g/mol. The van der Waals surface area contributed by atoms with Crippen LogP contribution in [0, 0.1) is 5.92 Å². The highest BCUT2D eigenvalue weighted by Gasteiger charge is 1.94. The zero-order valence-electron chi connectivity index (χ0n) is 6.52. The average molecular weight is 129 g/mol. The number of nitrogens with one attached hydrogen (secondary N) is 2. The molecular formula is C6H15N3. The highest BCUT2D eigenvalue weighted by atomic mass is 15.5. The minimum absolute atomic E-state index is 0.519. The third kappa shape index (κ3) is 3.97. The summed E-state index contributed by atoms with van der Waals surface area (Å²) in [6, 6.07) is 0. The van der Waals surface area contributed by atoms with E-state index in [9.17, 15) is 0 Å². The van der Waals surface area contributed by atoms with Crippen molar-refractivity contribution in [1.29, 1.82) is 0 Å². The normalized spacial score (nSPS) is 12.3. The van der Waals surface area contributed by atoms with E-state index in [1.165, 1.54) is 0 Å². The highest BCUT2D eigenvalue weighted by Crippen LogP contribution is 1.93. The van der Waals surface area contributed by atoms with Crippen molar-refractivity contribution in [2.24, 2.45) is 11.0 Å². The van der Waals surface area contributed by atoms with Crippen LogP contribution in [0.15, 0.2) is 5.10 Å². The van der Waals surface area contributed by atoms with Crippen molar-refractivity contribution >= 4 is 5.71 Å². The molecule has 0 heterocycles. The zero-order chi connectivity index (χ0) is 7.28. The third-order valence-electron chi connectivity index (χ3n) is 1.18.